The van der Waals surface area contributed by atoms with E-state index < -0.39 is 0 Å². The van der Waals surface area contributed by atoms with Crippen LogP contribution in [-0.4, -0.2) is 35.4 Å². The van der Waals surface area contributed by atoms with Gasteiger partial charge in [-0.25, -0.2) is 0 Å². The molecule has 1 aromatic rings. The van der Waals surface area contributed by atoms with Crippen LogP contribution in [0.4, 0.5) is 0 Å². The molecule has 0 aliphatic carbocycles. The van der Waals surface area contributed by atoms with E-state index in [1.54, 1.807) is 11.6 Å². The van der Waals surface area contributed by atoms with E-state index in [4.69, 9.17) is 4.74 Å². The van der Waals surface area contributed by atoms with Crippen molar-refractivity contribution >= 4 is 5.97 Å². The van der Waals surface area contributed by atoms with Crippen LogP contribution in [0.5, 0.6) is 0 Å². The van der Waals surface area contributed by atoms with Crippen molar-refractivity contribution in [1.82, 2.24) is 15.1 Å². The third-order valence-corrected chi connectivity index (χ3v) is 1.92. The lowest BCUT2D eigenvalue weighted by atomic mass is 10.2. The van der Waals surface area contributed by atoms with E-state index >= 15 is 0 Å². The van der Waals surface area contributed by atoms with Gasteiger partial charge in [-0.05, 0) is 25.5 Å². The SMILES string of the molecule is CCOC(=O)CNCCc1cnn(C)c1. The van der Waals surface area contributed by atoms with Gasteiger partial charge in [0.15, 0.2) is 0 Å². The Hall–Kier alpha value is -1.36. The molecule has 1 rings (SSSR count). The van der Waals surface area contributed by atoms with Crippen LogP contribution in [-0.2, 0) is 23.0 Å². The molecule has 0 amide bonds. The van der Waals surface area contributed by atoms with Gasteiger partial charge in [0, 0.05) is 13.2 Å². The summed E-state index contributed by atoms with van der Waals surface area (Å²) in [6.45, 7) is 3.26. The molecule has 0 unspecified atom stereocenters. The molecule has 0 fully saturated rings. The number of carbonyl (C=O) groups is 1. The van der Waals surface area contributed by atoms with E-state index in [0.717, 1.165) is 18.5 Å². The fourth-order valence-corrected chi connectivity index (χ4v) is 1.24. The van der Waals surface area contributed by atoms with Gasteiger partial charge in [-0.3, -0.25) is 9.48 Å². The lowest BCUT2D eigenvalue weighted by molar-refractivity contribution is -0.141. The summed E-state index contributed by atoms with van der Waals surface area (Å²) >= 11 is 0. The van der Waals surface area contributed by atoms with Gasteiger partial charge in [-0.2, -0.15) is 5.10 Å². The van der Waals surface area contributed by atoms with E-state index in [9.17, 15) is 4.79 Å². The first-order valence-corrected chi connectivity index (χ1v) is 5.06. The normalized spacial score (nSPS) is 10.3. The van der Waals surface area contributed by atoms with Crippen LogP contribution in [0, 0.1) is 0 Å². The van der Waals surface area contributed by atoms with Gasteiger partial charge >= 0.3 is 5.97 Å². The first kappa shape index (κ1) is 11.7. The van der Waals surface area contributed by atoms with Crippen LogP contribution in [0.3, 0.4) is 0 Å². The molecular formula is C10H17N3O2. The monoisotopic (exact) mass is 211 g/mol. The maximum absolute atomic E-state index is 11.0. The summed E-state index contributed by atoms with van der Waals surface area (Å²) in [5, 5.41) is 7.07. The summed E-state index contributed by atoms with van der Waals surface area (Å²) in [7, 11) is 1.88. The number of esters is 1. The first-order valence-electron chi connectivity index (χ1n) is 5.06. The zero-order chi connectivity index (χ0) is 11.1. The molecule has 0 aliphatic heterocycles. The highest BCUT2D eigenvalue weighted by Crippen LogP contribution is 1.95. The minimum absolute atomic E-state index is 0.205. The number of ether oxygens (including phenoxy) is 1. The predicted molar refractivity (Wildman–Crippen MR) is 56.4 cm³/mol. The zero-order valence-corrected chi connectivity index (χ0v) is 9.19. The maximum Gasteiger partial charge on any atom is 0.319 e. The molecule has 0 atom stereocenters. The number of rotatable bonds is 6. The van der Waals surface area contributed by atoms with Gasteiger partial charge in [-0.1, -0.05) is 0 Å². The molecule has 0 radical (unpaired) electrons. The molecule has 1 heterocycles. The third kappa shape index (κ3) is 4.60. The van der Waals surface area contributed by atoms with Crippen LogP contribution in [0.25, 0.3) is 0 Å². The molecule has 84 valence electrons. The van der Waals surface area contributed by atoms with Crippen molar-refractivity contribution < 1.29 is 9.53 Å². The Bertz CT molecular complexity index is 309. The van der Waals surface area contributed by atoms with Crippen molar-refractivity contribution in [2.75, 3.05) is 19.7 Å². The second-order valence-corrected chi connectivity index (χ2v) is 3.25. The summed E-state index contributed by atoms with van der Waals surface area (Å²) in [5.41, 5.74) is 1.16. The second kappa shape index (κ2) is 6.19. The highest BCUT2D eigenvalue weighted by Gasteiger charge is 2.00. The second-order valence-electron chi connectivity index (χ2n) is 3.25. The van der Waals surface area contributed by atoms with Crippen LogP contribution >= 0.6 is 0 Å². The molecule has 1 aromatic heterocycles. The van der Waals surface area contributed by atoms with Gasteiger partial charge < -0.3 is 10.1 Å². The highest BCUT2D eigenvalue weighted by molar-refractivity contribution is 5.71. The lowest BCUT2D eigenvalue weighted by Crippen LogP contribution is -2.26. The highest BCUT2D eigenvalue weighted by atomic mass is 16.5. The fourth-order valence-electron chi connectivity index (χ4n) is 1.24. The Morgan fingerprint density at radius 1 is 1.67 bits per heavy atom. The molecular weight excluding hydrogens is 194 g/mol. The molecule has 0 aromatic carbocycles. The molecule has 5 nitrogen and oxygen atoms in total. The minimum atomic E-state index is -0.205. The van der Waals surface area contributed by atoms with Crippen molar-refractivity contribution in [3.05, 3.63) is 18.0 Å². The zero-order valence-electron chi connectivity index (χ0n) is 9.19. The summed E-state index contributed by atoms with van der Waals surface area (Å²) in [6, 6.07) is 0. The van der Waals surface area contributed by atoms with E-state index in [2.05, 4.69) is 10.4 Å². The molecule has 0 spiro atoms. The van der Waals surface area contributed by atoms with E-state index in [0.29, 0.717) is 6.61 Å². The van der Waals surface area contributed by atoms with E-state index in [-0.39, 0.29) is 12.5 Å². The molecule has 0 saturated carbocycles. The summed E-state index contributed by atoms with van der Waals surface area (Å²) in [5.74, 6) is -0.205. The number of hydrogen-bond acceptors (Lipinski definition) is 4. The van der Waals surface area contributed by atoms with Crippen LogP contribution in [0.1, 0.15) is 12.5 Å². The van der Waals surface area contributed by atoms with E-state index in [1.165, 1.54) is 0 Å². The number of aromatic nitrogens is 2. The number of nitrogens with one attached hydrogen (secondary N) is 1. The molecule has 15 heavy (non-hydrogen) atoms. The molecule has 0 saturated heterocycles. The Morgan fingerprint density at radius 2 is 2.47 bits per heavy atom. The number of hydrogen-bond donors (Lipinski definition) is 1. The van der Waals surface area contributed by atoms with Gasteiger partial charge in [0.25, 0.3) is 0 Å². The van der Waals surface area contributed by atoms with Crippen molar-refractivity contribution in [3.63, 3.8) is 0 Å². The quantitative estimate of drug-likeness (QED) is 0.536. The van der Waals surface area contributed by atoms with Crippen LogP contribution < -0.4 is 5.32 Å². The smallest absolute Gasteiger partial charge is 0.319 e. The van der Waals surface area contributed by atoms with Gasteiger partial charge in [0.1, 0.15) is 0 Å². The number of carbonyl (C=O) groups excluding carboxylic acids is 1. The summed E-state index contributed by atoms with van der Waals surface area (Å²) in [6.07, 6.45) is 4.66. The van der Waals surface area contributed by atoms with Gasteiger partial charge in [0.2, 0.25) is 0 Å². The van der Waals surface area contributed by atoms with Gasteiger partial charge in [-0.15, -0.1) is 0 Å². The van der Waals surface area contributed by atoms with Crippen molar-refractivity contribution in [1.29, 1.82) is 0 Å². The van der Waals surface area contributed by atoms with Gasteiger partial charge in [0.05, 0.1) is 19.3 Å². The molecule has 0 bridgehead atoms. The Kier molecular flexibility index (Phi) is 4.83. The van der Waals surface area contributed by atoms with Crippen molar-refractivity contribution in [2.45, 2.75) is 13.3 Å². The average Bonchev–Trinajstić information content (AvgIpc) is 2.60. The number of aryl methyl sites for hydroxylation is 1. The largest absolute Gasteiger partial charge is 0.465 e. The average molecular weight is 211 g/mol. The maximum atomic E-state index is 11.0. The third-order valence-electron chi connectivity index (χ3n) is 1.92. The summed E-state index contributed by atoms with van der Waals surface area (Å²) in [4.78, 5) is 11.0. The van der Waals surface area contributed by atoms with Crippen LogP contribution in [0.2, 0.25) is 0 Å². The standard InChI is InChI=1S/C10H17N3O2/c1-3-15-10(14)7-11-5-4-9-6-12-13(2)8-9/h6,8,11H,3-5,7H2,1-2H3. The first-order chi connectivity index (χ1) is 7.22. The molecule has 1 N–H and O–H groups in total. The Balaban J connectivity index is 2.09. The Morgan fingerprint density at radius 3 is 3.07 bits per heavy atom. The topological polar surface area (TPSA) is 56.1 Å². The molecule has 0 aliphatic rings. The van der Waals surface area contributed by atoms with Crippen LogP contribution in [0.15, 0.2) is 12.4 Å². The number of nitrogens with zero attached hydrogens (tertiary/aromatic N) is 2. The Labute approximate surface area is 89.4 Å². The van der Waals surface area contributed by atoms with E-state index in [1.807, 2.05) is 19.4 Å². The molecule has 5 heteroatoms. The predicted octanol–water partition coefficient (Wildman–Crippen LogP) is 0.115. The minimum Gasteiger partial charge on any atom is -0.465 e. The summed E-state index contributed by atoms with van der Waals surface area (Å²) < 4.78 is 6.54. The van der Waals surface area contributed by atoms with Crippen molar-refractivity contribution in [3.8, 4) is 0 Å². The van der Waals surface area contributed by atoms with Crippen molar-refractivity contribution in [2.24, 2.45) is 7.05 Å². The fraction of sp³-hybridized carbons (Fsp3) is 0.600. The lowest BCUT2D eigenvalue weighted by Gasteiger charge is -2.03.